The van der Waals surface area contributed by atoms with Crippen molar-refractivity contribution in [1.29, 1.82) is 0 Å². The van der Waals surface area contributed by atoms with Crippen molar-refractivity contribution in [2.45, 2.75) is 39.7 Å². The number of nitrogens with zero attached hydrogens (tertiary/aromatic N) is 3. The summed E-state index contributed by atoms with van der Waals surface area (Å²) < 4.78 is 28.2. The Hall–Kier alpha value is -2.65. The first-order valence-corrected chi connectivity index (χ1v) is 11.7. The van der Waals surface area contributed by atoms with E-state index >= 15 is 0 Å². The summed E-state index contributed by atoms with van der Waals surface area (Å²) >= 11 is 6.29. The van der Waals surface area contributed by atoms with Gasteiger partial charge in [0, 0.05) is 10.7 Å². The first-order chi connectivity index (χ1) is 14.2. The van der Waals surface area contributed by atoms with Gasteiger partial charge in [-0.15, -0.1) is 0 Å². The topological polar surface area (TPSA) is 120 Å². The highest BCUT2D eigenvalue weighted by Crippen LogP contribution is 2.23. The van der Waals surface area contributed by atoms with Crippen molar-refractivity contribution in [1.82, 2.24) is 19.3 Å². The van der Waals surface area contributed by atoms with E-state index in [-0.39, 0.29) is 11.4 Å². The van der Waals surface area contributed by atoms with Gasteiger partial charge < -0.3 is 10.3 Å². The largest absolute Gasteiger partial charge is 0.399 e. The molecule has 3 N–H and O–H groups in total. The molecule has 0 saturated carbocycles. The molecule has 0 aliphatic carbocycles. The van der Waals surface area contributed by atoms with Crippen molar-refractivity contribution >= 4 is 44.4 Å². The highest BCUT2D eigenvalue weighted by atomic mass is 35.5. The molecule has 8 nitrogen and oxygen atoms in total. The summed E-state index contributed by atoms with van der Waals surface area (Å²) in [5.74, 6) is -0.166. The Kier molecular flexibility index (Phi) is 6.62. The van der Waals surface area contributed by atoms with E-state index in [1.165, 1.54) is 6.07 Å². The summed E-state index contributed by atoms with van der Waals surface area (Å²) in [7, 11) is -3.71. The smallest absolute Gasteiger partial charge is 0.283 e. The molecule has 2 heterocycles. The Morgan fingerprint density at radius 1 is 1.20 bits per heavy atom. The zero-order valence-corrected chi connectivity index (χ0v) is 18.4. The van der Waals surface area contributed by atoms with Crippen molar-refractivity contribution in [2.24, 2.45) is 0 Å². The van der Waals surface area contributed by atoms with Crippen LogP contribution in [0, 0.1) is 6.92 Å². The maximum Gasteiger partial charge on any atom is 0.283 e. The number of hydrogen-bond acceptors (Lipinski definition) is 6. The zero-order chi connectivity index (χ0) is 21.9. The van der Waals surface area contributed by atoms with Crippen molar-refractivity contribution in [3.63, 3.8) is 0 Å². The van der Waals surface area contributed by atoms with Gasteiger partial charge in [-0.05, 0) is 43.2 Å². The molecule has 0 radical (unpaired) electrons. The summed E-state index contributed by atoms with van der Waals surface area (Å²) in [5, 5.41) is 0.517. The number of imidazole rings is 1. The number of sulfonamides is 1. The molecular weight excluding hydrogens is 426 g/mol. The first-order valence-electron chi connectivity index (χ1n) is 9.63. The number of carbonyl (C=O) groups is 1. The number of amides is 1. The van der Waals surface area contributed by atoms with Crippen LogP contribution in [-0.2, 0) is 16.6 Å². The Morgan fingerprint density at radius 2 is 1.97 bits per heavy atom. The van der Waals surface area contributed by atoms with E-state index in [1.54, 1.807) is 18.2 Å². The minimum absolute atomic E-state index is 0.00567. The normalized spacial score (nSPS) is 11.7. The number of anilines is 1. The third-order valence-corrected chi connectivity index (χ3v) is 6.36. The van der Waals surface area contributed by atoms with Crippen molar-refractivity contribution in [3.8, 4) is 0 Å². The molecule has 2 aromatic heterocycles. The molecule has 0 atom stereocenters. The highest BCUT2D eigenvalue weighted by molar-refractivity contribution is 7.90. The van der Waals surface area contributed by atoms with Crippen LogP contribution in [0.3, 0.4) is 0 Å². The van der Waals surface area contributed by atoms with Gasteiger partial charge >= 0.3 is 0 Å². The maximum absolute atomic E-state index is 12.5. The van der Waals surface area contributed by atoms with Crippen LogP contribution in [0.2, 0.25) is 5.02 Å². The molecule has 3 aromatic rings. The van der Waals surface area contributed by atoms with Crippen LogP contribution in [-0.4, -0.2) is 34.6 Å². The minimum Gasteiger partial charge on any atom is -0.399 e. The van der Waals surface area contributed by atoms with Gasteiger partial charge in [0.1, 0.15) is 17.0 Å². The summed E-state index contributed by atoms with van der Waals surface area (Å²) in [6, 6.07) is 8.36. The number of unbranched alkanes of at least 4 members (excludes halogenated alkanes) is 2. The van der Waals surface area contributed by atoms with Crippen molar-refractivity contribution < 1.29 is 13.2 Å². The van der Waals surface area contributed by atoms with Gasteiger partial charge in [-0.2, -0.15) is 0 Å². The Labute approximate surface area is 180 Å². The lowest BCUT2D eigenvalue weighted by Gasteiger charge is -2.10. The van der Waals surface area contributed by atoms with Crippen LogP contribution in [0.1, 0.15) is 48.1 Å². The van der Waals surface area contributed by atoms with Crippen LogP contribution in [0.25, 0.3) is 11.2 Å². The first kappa shape index (κ1) is 22.0. The van der Waals surface area contributed by atoms with Gasteiger partial charge in [-0.1, -0.05) is 37.4 Å². The fourth-order valence-electron chi connectivity index (χ4n) is 3.08. The molecule has 160 valence electrons. The van der Waals surface area contributed by atoms with E-state index in [0.717, 1.165) is 18.4 Å². The number of carbonyl (C=O) groups excluding carboxylic acids is 1. The highest BCUT2D eigenvalue weighted by Gasteiger charge is 2.19. The average molecular weight is 450 g/mol. The molecule has 0 unspecified atom stereocenters. The van der Waals surface area contributed by atoms with Crippen molar-refractivity contribution in [2.75, 3.05) is 11.5 Å². The summed E-state index contributed by atoms with van der Waals surface area (Å²) in [6.07, 6.45) is 2.18. The number of nitrogens with one attached hydrogen (secondary N) is 1. The second-order valence-electron chi connectivity index (χ2n) is 7.09. The number of hydrogen-bond donors (Lipinski definition) is 2. The van der Waals surface area contributed by atoms with E-state index in [1.807, 2.05) is 24.5 Å². The number of halogens is 1. The van der Waals surface area contributed by atoms with E-state index in [0.29, 0.717) is 40.7 Å². The van der Waals surface area contributed by atoms with Crippen LogP contribution >= 0.6 is 11.6 Å². The number of pyridine rings is 1. The molecule has 0 aliphatic rings. The van der Waals surface area contributed by atoms with Gasteiger partial charge in [0.15, 0.2) is 5.65 Å². The van der Waals surface area contributed by atoms with Gasteiger partial charge in [-0.3, -0.25) is 4.79 Å². The van der Waals surface area contributed by atoms with Gasteiger partial charge in [0.05, 0.1) is 12.3 Å². The summed E-state index contributed by atoms with van der Waals surface area (Å²) in [5.41, 5.74) is 8.21. The number of rotatable bonds is 8. The zero-order valence-electron chi connectivity index (χ0n) is 16.9. The molecule has 0 spiro atoms. The van der Waals surface area contributed by atoms with Gasteiger partial charge in [-0.25, -0.2) is 23.1 Å². The predicted molar refractivity (Wildman–Crippen MR) is 118 cm³/mol. The van der Waals surface area contributed by atoms with Gasteiger partial charge in [0.2, 0.25) is 10.0 Å². The molecule has 0 saturated heterocycles. The molecule has 0 aliphatic heterocycles. The van der Waals surface area contributed by atoms with E-state index in [9.17, 15) is 13.2 Å². The lowest BCUT2D eigenvalue weighted by molar-refractivity contribution is 0.0977. The minimum atomic E-state index is -3.71. The SMILES string of the molecule is CCCCCS(=O)(=O)NC(=O)c1ccc2nc(C)n(Cc3ccc(N)cc3Cl)c2n1. The average Bonchev–Trinajstić information content (AvgIpc) is 2.98. The summed E-state index contributed by atoms with van der Waals surface area (Å²) in [4.78, 5) is 21.3. The molecule has 3 rings (SSSR count). The van der Waals surface area contributed by atoms with Crippen LogP contribution < -0.4 is 10.5 Å². The molecule has 0 fully saturated rings. The lowest BCUT2D eigenvalue weighted by Crippen LogP contribution is -2.33. The maximum atomic E-state index is 12.5. The monoisotopic (exact) mass is 449 g/mol. The number of aromatic nitrogens is 3. The van der Waals surface area contributed by atoms with Crippen LogP contribution in [0.4, 0.5) is 5.69 Å². The quantitative estimate of drug-likeness (QED) is 0.402. The lowest BCUT2D eigenvalue weighted by atomic mass is 10.2. The fourth-order valence-corrected chi connectivity index (χ4v) is 4.40. The third kappa shape index (κ3) is 5.09. The number of nitrogen functional groups attached to an aromatic ring is 1. The molecule has 10 heteroatoms. The molecule has 1 aromatic carbocycles. The molecule has 0 bridgehead atoms. The fraction of sp³-hybridized carbons (Fsp3) is 0.350. The van der Waals surface area contributed by atoms with E-state index in [2.05, 4.69) is 14.7 Å². The Bertz CT molecular complexity index is 1190. The standard InChI is InChI=1S/C20H24ClN5O3S/c1-3-4-5-10-30(28,29)25-20(27)18-9-8-17-19(24-18)26(13(2)23-17)12-14-6-7-15(22)11-16(14)21/h6-9,11H,3-5,10,12,22H2,1-2H3,(H,25,27). The van der Waals surface area contributed by atoms with Crippen molar-refractivity contribution in [3.05, 3.63) is 52.4 Å². The Morgan fingerprint density at radius 3 is 2.67 bits per heavy atom. The molecule has 30 heavy (non-hydrogen) atoms. The van der Waals surface area contributed by atoms with Crippen LogP contribution in [0.15, 0.2) is 30.3 Å². The Balaban J connectivity index is 1.88. The third-order valence-electron chi connectivity index (χ3n) is 4.69. The number of fused-ring (bicyclic) bond motifs is 1. The number of benzene rings is 1. The summed E-state index contributed by atoms with van der Waals surface area (Å²) in [6.45, 7) is 4.19. The van der Waals surface area contributed by atoms with E-state index < -0.39 is 15.9 Å². The second-order valence-corrected chi connectivity index (χ2v) is 9.34. The van der Waals surface area contributed by atoms with Crippen LogP contribution in [0.5, 0.6) is 0 Å². The van der Waals surface area contributed by atoms with Gasteiger partial charge in [0.25, 0.3) is 5.91 Å². The second kappa shape index (κ2) is 9.01. The number of nitrogens with two attached hydrogens (primary N) is 1. The number of aryl methyl sites for hydroxylation is 1. The predicted octanol–water partition coefficient (Wildman–Crippen LogP) is 3.27. The van der Waals surface area contributed by atoms with E-state index in [4.69, 9.17) is 17.3 Å². The molecular formula is C20H24ClN5O3S. The molecule has 1 amide bonds.